The van der Waals surface area contributed by atoms with Gasteiger partial charge in [0.1, 0.15) is 6.61 Å². The molecule has 0 aromatic carbocycles. The summed E-state index contributed by atoms with van der Waals surface area (Å²) in [6, 6.07) is 3.14. The van der Waals surface area contributed by atoms with Gasteiger partial charge in [-0.2, -0.15) is 4.39 Å². The normalized spacial score (nSPS) is 10.6. The lowest BCUT2D eigenvalue weighted by Gasteiger charge is -2.07. The Balaban J connectivity index is 1.94. The molecule has 5 nitrogen and oxygen atoms in total. The molecule has 0 N–H and O–H groups in total. The maximum absolute atomic E-state index is 13.0. The van der Waals surface area contributed by atoms with Crippen LogP contribution < -0.4 is 4.74 Å². The minimum absolute atomic E-state index is 0.137. The van der Waals surface area contributed by atoms with E-state index in [0.717, 1.165) is 0 Å². The van der Waals surface area contributed by atoms with Gasteiger partial charge in [0.15, 0.2) is 5.75 Å². The Labute approximate surface area is 106 Å². The molecule has 18 heavy (non-hydrogen) atoms. The number of methoxy groups -OCH3 is 1. The van der Waals surface area contributed by atoms with Gasteiger partial charge in [0.2, 0.25) is 0 Å². The Bertz CT molecular complexity index is 325. The quantitative estimate of drug-likeness (QED) is 0.468. The highest BCUT2D eigenvalue weighted by Crippen LogP contribution is 2.12. The molecule has 0 aliphatic carbocycles. The maximum atomic E-state index is 13.0. The third-order valence-electron chi connectivity index (χ3n) is 2.01. The Morgan fingerprint density at radius 3 is 2.39 bits per heavy atom. The van der Waals surface area contributed by atoms with Gasteiger partial charge < -0.3 is 18.9 Å². The zero-order valence-electron chi connectivity index (χ0n) is 10.4. The van der Waals surface area contributed by atoms with E-state index in [1.165, 1.54) is 12.3 Å². The maximum Gasteiger partial charge on any atom is 0.255 e. The van der Waals surface area contributed by atoms with E-state index in [9.17, 15) is 4.39 Å². The van der Waals surface area contributed by atoms with Gasteiger partial charge in [0.05, 0.1) is 33.0 Å². The number of nitrogens with zero attached hydrogens (tertiary/aromatic N) is 1. The third kappa shape index (κ3) is 6.48. The molecule has 1 heterocycles. The molecule has 102 valence electrons. The molecule has 0 spiro atoms. The highest BCUT2D eigenvalue weighted by molar-refractivity contribution is 5.17. The molecule has 6 heteroatoms. The van der Waals surface area contributed by atoms with Crippen molar-refractivity contribution in [3.63, 3.8) is 0 Å². The highest BCUT2D eigenvalue weighted by atomic mass is 19.1. The van der Waals surface area contributed by atoms with Crippen LogP contribution in [-0.4, -0.2) is 51.7 Å². The molecule has 1 aromatic heterocycles. The summed E-state index contributed by atoms with van der Waals surface area (Å²) in [5.74, 6) is -0.474. The van der Waals surface area contributed by atoms with Crippen molar-refractivity contribution in [2.24, 2.45) is 0 Å². The number of hydrogen-bond donors (Lipinski definition) is 0. The van der Waals surface area contributed by atoms with Gasteiger partial charge in [-0.3, -0.25) is 0 Å². The van der Waals surface area contributed by atoms with Crippen molar-refractivity contribution in [3.05, 3.63) is 24.3 Å². The molecule has 0 bridgehead atoms. The van der Waals surface area contributed by atoms with E-state index in [-0.39, 0.29) is 12.4 Å². The van der Waals surface area contributed by atoms with Gasteiger partial charge in [-0.1, -0.05) is 0 Å². The predicted octanol–water partition coefficient (Wildman–Crippen LogP) is 1.28. The lowest BCUT2D eigenvalue weighted by atomic mass is 10.4. The first-order valence-corrected chi connectivity index (χ1v) is 5.72. The summed E-state index contributed by atoms with van der Waals surface area (Å²) >= 11 is 0. The second-order valence-corrected chi connectivity index (χ2v) is 3.36. The van der Waals surface area contributed by atoms with E-state index < -0.39 is 5.95 Å². The first kappa shape index (κ1) is 14.8. The summed E-state index contributed by atoms with van der Waals surface area (Å²) < 4.78 is 33.4. The van der Waals surface area contributed by atoms with E-state index in [2.05, 4.69) is 4.98 Å². The average Bonchev–Trinajstić information content (AvgIpc) is 2.39. The van der Waals surface area contributed by atoms with Gasteiger partial charge in [0, 0.05) is 13.3 Å². The predicted molar refractivity (Wildman–Crippen MR) is 63.2 cm³/mol. The number of rotatable bonds is 10. The van der Waals surface area contributed by atoms with Crippen molar-refractivity contribution in [2.75, 3.05) is 46.8 Å². The van der Waals surface area contributed by atoms with Crippen LogP contribution in [0.3, 0.4) is 0 Å². The van der Waals surface area contributed by atoms with Gasteiger partial charge in [-0.15, -0.1) is 0 Å². The Morgan fingerprint density at radius 2 is 1.72 bits per heavy atom. The van der Waals surface area contributed by atoms with Crippen molar-refractivity contribution in [2.45, 2.75) is 0 Å². The van der Waals surface area contributed by atoms with Crippen LogP contribution in [-0.2, 0) is 14.2 Å². The van der Waals surface area contributed by atoms with Crippen LogP contribution >= 0.6 is 0 Å². The SMILES string of the molecule is COCCOCCOCCOc1cccnc1F. The first-order valence-electron chi connectivity index (χ1n) is 5.72. The molecule has 0 fully saturated rings. The zero-order valence-corrected chi connectivity index (χ0v) is 10.4. The molecule has 0 aliphatic rings. The van der Waals surface area contributed by atoms with Gasteiger partial charge >= 0.3 is 0 Å². The lowest BCUT2D eigenvalue weighted by molar-refractivity contribution is 0.0176. The number of pyridine rings is 1. The molecule has 0 amide bonds. The summed E-state index contributed by atoms with van der Waals surface area (Å²) in [5, 5.41) is 0. The van der Waals surface area contributed by atoms with Crippen molar-refractivity contribution < 1.29 is 23.3 Å². The van der Waals surface area contributed by atoms with Crippen LogP contribution in [0.1, 0.15) is 0 Å². The largest absolute Gasteiger partial charge is 0.486 e. The number of ether oxygens (including phenoxy) is 4. The summed E-state index contributed by atoms with van der Waals surface area (Å²) in [4.78, 5) is 3.47. The molecule has 0 saturated carbocycles. The molecule has 1 aromatic rings. The van der Waals surface area contributed by atoms with E-state index >= 15 is 0 Å². The van der Waals surface area contributed by atoms with Crippen LogP contribution in [0, 0.1) is 5.95 Å². The molecule has 0 atom stereocenters. The number of aromatic nitrogens is 1. The fourth-order valence-electron chi connectivity index (χ4n) is 1.15. The summed E-state index contributed by atoms with van der Waals surface area (Å²) in [5.41, 5.74) is 0. The molecular formula is C12H18FNO4. The second-order valence-electron chi connectivity index (χ2n) is 3.36. The minimum Gasteiger partial charge on any atom is -0.486 e. The fourth-order valence-corrected chi connectivity index (χ4v) is 1.15. The van der Waals surface area contributed by atoms with E-state index in [0.29, 0.717) is 33.0 Å². The Morgan fingerprint density at radius 1 is 1.06 bits per heavy atom. The Hall–Kier alpha value is -1.24. The van der Waals surface area contributed by atoms with Crippen LogP contribution in [0.15, 0.2) is 18.3 Å². The smallest absolute Gasteiger partial charge is 0.255 e. The number of hydrogen-bond acceptors (Lipinski definition) is 5. The Kier molecular flexibility index (Phi) is 8.03. The third-order valence-corrected chi connectivity index (χ3v) is 2.01. The van der Waals surface area contributed by atoms with Crippen LogP contribution in [0.4, 0.5) is 4.39 Å². The topological polar surface area (TPSA) is 49.8 Å². The molecule has 0 radical (unpaired) electrons. The standard InChI is InChI=1S/C12H18FNO4/c1-15-5-6-16-7-8-17-9-10-18-11-3-2-4-14-12(11)13/h2-4H,5-10H2,1H3. The van der Waals surface area contributed by atoms with E-state index in [4.69, 9.17) is 18.9 Å². The summed E-state index contributed by atoms with van der Waals surface area (Å²) in [6.45, 7) is 2.76. The summed E-state index contributed by atoms with van der Waals surface area (Å²) in [7, 11) is 1.62. The first-order chi connectivity index (χ1) is 8.84. The molecule has 0 saturated heterocycles. The minimum atomic E-state index is -0.611. The molecular weight excluding hydrogens is 241 g/mol. The van der Waals surface area contributed by atoms with Crippen LogP contribution in [0.5, 0.6) is 5.75 Å². The fraction of sp³-hybridized carbons (Fsp3) is 0.583. The average molecular weight is 259 g/mol. The molecule has 0 unspecified atom stereocenters. The lowest BCUT2D eigenvalue weighted by Crippen LogP contribution is -2.12. The van der Waals surface area contributed by atoms with Crippen LogP contribution in [0.25, 0.3) is 0 Å². The van der Waals surface area contributed by atoms with E-state index in [1.807, 2.05) is 0 Å². The monoisotopic (exact) mass is 259 g/mol. The van der Waals surface area contributed by atoms with E-state index in [1.54, 1.807) is 13.2 Å². The number of halogens is 1. The molecule has 0 aliphatic heterocycles. The molecule has 1 rings (SSSR count). The zero-order chi connectivity index (χ0) is 13.1. The second kappa shape index (κ2) is 9.76. The highest BCUT2D eigenvalue weighted by Gasteiger charge is 2.01. The van der Waals surface area contributed by atoms with Gasteiger partial charge in [-0.05, 0) is 12.1 Å². The van der Waals surface area contributed by atoms with Gasteiger partial charge in [-0.25, -0.2) is 4.98 Å². The van der Waals surface area contributed by atoms with Crippen molar-refractivity contribution in [1.82, 2.24) is 4.98 Å². The van der Waals surface area contributed by atoms with Crippen molar-refractivity contribution in [1.29, 1.82) is 0 Å². The van der Waals surface area contributed by atoms with Crippen molar-refractivity contribution >= 4 is 0 Å². The van der Waals surface area contributed by atoms with Crippen LogP contribution in [0.2, 0.25) is 0 Å². The van der Waals surface area contributed by atoms with Gasteiger partial charge in [0.25, 0.3) is 5.95 Å². The summed E-state index contributed by atoms with van der Waals surface area (Å²) in [6.07, 6.45) is 1.37. The van der Waals surface area contributed by atoms with Crippen molar-refractivity contribution in [3.8, 4) is 5.75 Å².